The summed E-state index contributed by atoms with van der Waals surface area (Å²) in [6.45, 7) is 5.25. The first-order valence-electron chi connectivity index (χ1n) is 6.04. The fourth-order valence-electron chi connectivity index (χ4n) is 1.53. The van der Waals surface area contributed by atoms with Crippen molar-refractivity contribution in [1.29, 1.82) is 0 Å². The Kier molecular flexibility index (Phi) is 5.01. The molecule has 18 heavy (non-hydrogen) atoms. The van der Waals surface area contributed by atoms with Crippen LogP contribution in [0, 0.1) is 6.92 Å². The number of thioether (sulfide) groups is 1. The van der Waals surface area contributed by atoms with Crippen molar-refractivity contribution in [3.05, 3.63) is 35.5 Å². The van der Waals surface area contributed by atoms with E-state index < -0.39 is 0 Å². The summed E-state index contributed by atoms with van der Waals surface area (Å²) in [6.07, 6.45) is 1.11. The lowest BCUT2D eigenvalue weighted by Crippen LogP contribution is -2.00. The van der Waals surface area contributed by atoms with Crippen LogP contribution in [0.25, 0.3) is 0 Å². The maximum Gasteiger partial charge on any atom is 0.134 e. The largest absolute Gasteiger partial charge is 0.374 e. The molecular formula is C13H17N3S2. The number of hydrogen-bond donors (Lipinski definition) is 1. The predicted molar refractivity (Wildman–Crippen MR) is 79.4 cm³/mol. The molecule has 1 N–H and O–H groups in total. The number of rotatable bonds is 6. The summed E-state index contributed by atoms with van der Waals surface area (Å²) in [5, 5.41) is 8.67. The van der Waals surface area contributed by atoms with E-state index in [2.05, 4.69) is 53.0 Å². The third-order valence-corrected chi connectivity index (χ3v) is 4.19. The van der Waals surface area contributed by atoms with E-state index in [0.29, 0.717) is 0 Å². The Labute approximate surface area is 116 Å². The van der Waals surface area contributed by atoms with Gasteiger partial charge in [-0.05, 0) is 25.5 Å². The number of hydrogen-bond acceptors (Lipinski definition) is 5. The first-order chi connectivity index (χ1) is 8.79. The van der Waals surface area contributed by atoms with Gasteiger partial charge in [0.1, 0.15) is 10.7 Å². The summed E-state index contributed by atoms with van der Waals surface area (Å²) in [4.78, 5) is 1.28. The molecule has 0 spiro atoms. The second kappa shape index (κ2) is 6.75. The number of anilines is 1. The van der Waals surface area contributed by atoms with Gasteiger partial charge in [0.2, 0.25) is 0 Å². The number of benzene rings is 1. The standard InChI is InChI=1S/C13H17N3S2/c1-3-7-14-13-12(15-16-18-13)9-17-11-6-4-5-10(2)8-11/h4-6,8,14H,3,7,9H2,1-2H3. The van der Waals surface area contributed by atoms with Crippen LogP contribution in [0.3, 0.4) is 0 Å². The Morgan fingerprint density at radius 1 is 1.39 bits per heavy atom. The summed E-state index contributed by atoms with van der Waals surface area (Å²) in [7, 11) is 0. The molecule has 5 heteroatoms. The second-order valence-electron chi connectivity index (χ2n) is 4.08. The lowest BCUT2D eigenvalue weighted by atomic mass is 10.2. The summed E-state index contributed by atoms with van der Waals surface area (Å²) in [5.41, 5.74) is 2.35. The van der Waals surface area contributed by atoms with Gasteiger partial charge in [-0.2, -0.15) is 0 Å². The summed E-state index contributed by atoms with van der Waals surface area (Å²) < 4.78 is 4.02. The molecule has 2 aromatic rings. The van der Waals surface area contributed by atoms with Crippen molar-refractivity contribution in [3.63, 3.8) is 0 Å². The Hall–Kier alpha value is -1.07. The zero-order chi connectivity index (χ0) is 12.8. The zero-order valence-electron chi connectivity index (χ0n) is 10.6. The van der Waals surface area contributed by atoms with Crippen molar-refractivity contribution in [3.8, 4) is 0 Å². The summed E-state index contributed by atoms with van der Waals surface area (Å²) >= 11 is 3.25. The molecule has 3 nitrogen and oxygen atoms in total. The van der Waals surface area contributed by atoms with E-state index in [1.165, 1.54) is 22.0 Å². The van der Waals surface area contributed by atoms with Crippen LogP contribution in [0.4, 0.5) is 5.00 Å². The number of nitrogens with zero attached hydrogens (tertiary/aromatic N) is 2. The van der Waals surface area contributed by atoms with Gasteiger partial charge in [-0.3, -0.25) is 0 Å². The zero-order valence-corrected chi connectivity index (χ0v) is 12.3. The van der Waals surface area contributed by atoms with E-state index in [9.17, 15) is 0 Å². The summed E-state index contributed by atoms with van der Waals surface area (Å²) in [6, 6.07) is 8.54. The van der Waals surface area contributed by atoms with Crippen molar-refractivity contribution in [1.82, 2.24) is 9.59 Å². The third kappa shape index (κ3) is 3.71. The molecule has 1 aromatic heterocycles. The molecule has 0 amide bonds. The highest BCUT2D eigenvalue weighted by atomic mass is 32.2. The maximum atomic E-state index is 4.19. The molecule has 0 aliphatic carbocycles. The van der Waals surface area contributed by atoms with Crippen molar-refractivity contribution in [2.75, 3.05) is 11.9 Å². The third-order valence-electron chi connectivity index (χ3n) is 2.46. The highest BCUT2D eigenvalue weighted by Crippen LogP contribution is 2.27. The monoisotopic (exact) mass is 279 g/mol. The molecule has 1 aromatic carbocycles. The van der Waals surface area contributed by atoms with Crippen LogP contribution < -0.4 is 5.32 Å². The van der Waals surface area contributed by atoms with Crippen LogP contribution in [-0.2, 0) is 5.75 Å². The fourth-order valence-corrected chi connectivity index (χ4v) is 3.18. The SMILES string of the molecule is CCCNc1snnc1CSc1cccc(C)c1. The van der Waals surface area contributed by atoms with Crippen LogP contribution in [0.5, 0.6) is 0 Å². The number of aryl methyl sites for hydroxylation is 1. The minimum atomic E-state index is 0.867. The van der Waals surface area contributed by atoms with Gasteiger partial charge < -0.3 is 5.32 Å². The molecule has 96 valence electrons. The lowest BCUT2D eigenvalue weighted by molar-refractivity contribution is 0.976. The highest BCUT2D eigenvalue weighted by Gasteiger charge is 2.07. The molecule has 0 aliphatic rings. The highest BCUT2D eigenvalue weighted by molar-refractivity contribution is 7.98. The fraction of sp³-hybridized carbons (Fsp3) is 0.385. The molecule has 1 heterocycles. The Balaban J connectivity index is 1.95. The molecule has 0 fully saturated rings. The molecule has 0 bridgehead atoms. The molecule has 0 unspecified atom stereocenters. The van der Waals surface area contributed by atoms with Crippen molar-refractivity contribution in [2.24, 2.45) is 0 Å². The smallest absolute Gasteiger partial charge is 0.134 e. The Morgan fingerprint density at radius 2 is 2.28 bits per heavy atom. The molecule has 2 rings (SSSR count). The van der Waals surface area contributed by atoms with Gasteiger partial charge in [0.25, 0.3) is 0 Å². The molecule has 0 radical (unpaired) electrons. The number of aromatic nitrogens is 2. The number of nitrogens with one attached hydrogen (secondary N) is 1. The average molecular weight is 279 g/mol. The van der Waals surface area contributed by atoms with Crippen LogP contribution in [-0.4, -0.2) is 16.1 Å². The van der Waals surface area contributed by atoms with Crippen LogP contribution >= 0.6 is 23.3 Å². The predicted octanol–water partition coefficient (Wildman–Crippen LogP) is 3.96. The van der Waals surface area contributed by atoms with Gasteiger partial charge in [0, 0.05) is 28.7 Å². The first-order valence-corrected chi connectivity index (χ1v) is 7.80. The molecule has 0 saturated carbocycles. The Morgan fingerprint density at radius 3 is 3.06 bits per heavy atom. The van der Waals surface area contributed by atoms with E-state index in [4.69, 9.17) is 0 Å². The molecular weight excluding hydrogens is 262 g/mol. The maximum absolute atomic E-state index is 4.19. The quantitative estimate of drug-likeness (QED) is 0.812. The van der Waals surface area contributed by atoms with Crippen molar-refractivity contribution in [2.45, 2.75) is 30.9 Å². The van der Waals surface area contributed by atoms with Gasteiger partial charge in [-0.15, -0.1) is 16.9 Å². The average Bonchev–Trinajstić information content (AvgIpc) is 2.81. The first kappa shape index (κ1) is 13.4. The topological polar surface area (TPSA) is 37.8 Å². The van der Waals surface area contributed by atoms with E-state index in [-0.39, 0.29) is 0 Å². The van der Waals surface area contributed by atoms with Gasteiger partial charge in [-0.1, -0.05) is 29.1 Å². The van der Waals surface area contributed by atoms with Crippen molar-refractivity contribution >= 4 is 28.3 Å². The van der Waals surface area contributed by atoms with Crippen molar-refractivity contribution < 1.29 is 0 Å². The van der Waals surface area contributed by atoms with Gasteiger partial charge in [0.15, 0.2) is 0 Å². The minimum absolute atomic E-state index is 0.867. The van der Waals surface area contributed by atoms with Crippen LogP contribution in [0.15, 0.2) is 29.2 Å². The normalized spacial score (nSPS) is 10.6. The van der Waals surface area contributed by atoms with Gasteiger partial charge in [-0.25, -0.2) is 0 Å². The second-order valence-corrected chi connectivity index (χ2v) is 5.88. The van der Waals surface area contributed by atoms with Crippen LogP contribution in [0.2, 0.25) is 0 Å². The summed E-state index contributed by atoms with van der Waals surface area (Å²) in [5.74, 6) is 0.867. The van der Waals surface area contributed by atoms with E-state index >= 15 is 0 Å². The molecule has 0 aliphatic heterocycles. The van der Waals surface area contributed by atoms with E-state index in [0.717, 1.165) is 29.4 Å². The lowest BCUT2D eigenvalue weighted by Gasteiger charge is -2.04. The Bertz CT molecular complexity index is 496. The van der Waals surface area contributed by atoms with Crippen LogP contribution in [0.1, 0.15) is 24.6 Å². The van der Waals surface area contributed by atoms with E-state index in [1.54, 1.807) is 11.8 Å². The van der Waals surface area contributed by atoms with E-state index in [1.807, 2.05) is 0 Å². The molecule has 0 saturated heterocycles. The van der Waals surface area contributed by atoms with Gasteiger partial charge in [0.05, 0.1) is 0 Å². The minimum Gasteiger partial charge on any atom is -0.374 e. The molecule has 0 atom stereocenters. The van der Waals surface area contributed by atoms with Gasteiger partial charge >= 0.3 is 0 Å².